The van der Waals surface area contributed by atoms with E-state index < -0.39 is 5.97 Å². The highest BCUT2D eigenvalue weighted by molar-refractivity contribution is 5.95. The van der Waals surface area contributed by atoms with Gasteiger partial charge in [-0.25, -0.2) is 4.79 Å². The van der Waals surface area contributed by atoms with Crippen LogP contribution < -0.4 is 0 Å². The Morgan fingerprint density at radius 2 is 2.38 bits per heavy atom. The van der Waals surface area contributed by atoms with E-state index in [-0.39, 0.29) is 6.61 Å². The molecule has 0 saturated carbocycles. The first-order chi connectivity index (χ1) is 7.77. The van der Waals surface area contributed by atoms with Gasteiger partial charge in [0.05, 0.1) is 13.7 Å². The van der Waals surface area contributed by atoms with Crippen molar-refractivity contribution in [1.82, 2.24) is 14.6 Å². The van der Waals surface area contributed by atoms with Crippen LogP contribution in [0.4, 0.5) is 0 Å². The molecule has 2 heterocycles. The number of ether oxygens (including phenoxy) is 1. The molecule has 0 amide bonds. The summed E-state index contributed by atoms with van der Waals surface area (Å²) in [6.45, 7) is -0.0107. The van der Waals surface area contributed by atoms with E-state index in [4.69, 9.17) is 5.11 Å². The molecule has 0 unspecified atom stereocenters. The number of nitrogens with zero attached hydrogens (tertiary/aromatic N) is 3. The molecular weight excluding hydrogens is 210 g/mol. The number of aliphatic hydroxyl groups is 1. The normalized spacial score (nSPS) is 10.6. The topological polar surface area (TPSA) is 76.7 Å². The van der Waals surface area contributed by atoms with Gasteiger partial charge in [-0.3, -0.25) is 4.40 Å². The maximum Gasteiger partial charge on any atom is 0.341 e. The molecule has 2 aromatic rings. The number of hydrogen-bond acceptors (Lipinski definition) is 5. The Morgan fingerprint density at radius 1 is 1.56 bits per heavy atom. The second-order valence-corrected chi connectivity index (χ2v) is 3.20. The number of rotatable bonds is 3. The smallest absolute Gasteiger partial charge is 0.341 e. The van der Waals surface area contributed by atoms with E-state index in [1.807, 2.05) is 0 Å². The van der Waals surface area contributed by atoms with E-state index in [0.29, 0.717) is 23.5 Å². The van der Waals surface area contributed by atoms with Gasteiger partial charge in [-0.2, -0.15) is 0 Å². The number of fused-ring (bicyclic) bond motifs is 1. The van der Waals surface area contributed by atoms with Crippen LogP contribution >= 0.6 is 0 Å². The average Bonchev–Trinajstić information content (AvgIpc) is 2.72. The molecule has 2 aromatic heterocycles. The number of carbonyl (C=O) groups excluding carboxylic acids is 1. The Kier molecular flexibility index (Phi) is 2.82. The predicted octanol–water partition coefficient (Wildman–Crippen LogP) is 0.0507. The summed E-state index contributed by atoms with van der Waals surface area (Å²) >= 11 is 0. The van der Waals surface area contributed by atoms with Crippen LogP contribution in [0.3, 0.4) is 0 Å². The monoisotopic (exact) mass is 221 g/mol. The van der Waals surface area contributed by atoms with Gasteiger partial charge in [-0.1, -0.05) is 0 Å². The summed E-state index contributed by atoms with van der Waals surface area (Å²) in [6, 6.07) is 3.34. The number of esters is 1. The Balaban J connectivity index is 2.57. The zero-order chi connectivity index (χ0) is 11.5. The molecule has 16 heavy (non-hydrogen) atoms. The van der Waals surface area contributed by atoms with Gasteiger partial charge < -0.3 is 9.84 Å². The second kappa shape index (κ2) is 4.28. The average molecular weight is 221 g/mol. The van der Waals surface area contributed by atoms with Gasteiger partial charge in [-0.05, 0) is 12.1 Å². The van der Waals surface area contributed by atoms with Gasteiger partial charge in [0.2, 0.25) is 0 Å². The van der Waals surface area contributed by atoms with Crippen molar-refractivity contribution in [2.45, 2.75) is 6.42 Å². The Labute approximate surface area is 91.5 Å². The standard InChI is InChI=1S/C10H11N3O3/c1-16-10(15)7-3-2-5-13-8(4-6-14)11-12-9(7)13/h2-3,5,14H,4,6H2,1H3. The molecular formula is C10H11N3O3. The highest BCUT2D eigenvalue weighted by atomic mass is 16.5. The number of carbonyl (C=O) groups is 1. The quantitative estimate of drug-likeness (QED) is 0.741. The molecule has 0 aliphatic heterocycles. The van der Waals surface area contributed by atoms with Crippen molar-refractivity contribution in [3.05, 3.63) is 29.7 Å². The maximum atomic E-state index is 11.4. The Hall–Kier alpha value is -1.95. The first kappa shape index (κ1) is 10.6. The Bertz CT molecular complexity index is 521. The summed E-state index contributed by atoms with van der Waals surface area (Å²) in [6.07, 6.45) is 2.14. The summed E-state index contributed by atoms with van der Waals surface area (Å²) in [5.41, 5.74) is 0.805. The molecule has 0 atom stereocenters. The number of aromatic nitrogens is 3. The lowest BCUT2D eigenvalue weighted by molar-refractivity contribution is 0.0602. The summed E-state index contributed by atoms with van der Waals surface area (Å²) in [5, 5.41) is 16.7. The molecule has 6 heteroatoms. The van der Waals surface area contributed by atoms with Crippen molar-refractivity contribution in [3.63, 3.8) is 0 Å². The van der Waals surface area contributed by atoms with Crippen LogP contribution in [0.25, 0.3) is 5.65 Å². The molecule has 0 saturated heterocycles. The van der Waals surface area contributed by atoms with E-state index in [0.717, 1.165) is 0 Å². The van der Waals surface area contributed by atoms with E-state index in [1.54, 1.807) is 22.7 Å². The third-order valence-corrected chi connectivity index (χ3v) is 2.25. The van der Waals surface area contributed by atoms with Crippen molar-refractivity contribution < 1.29 is 14.6 Å². The van der Waals surface area contributed by atoms with Gasteiger partial charge in [0.15, 0.2) is 5.65 Å². The molecule has 6 nitrogen and oxygen atoms in total. The van der Waals surface area contributed by atoms with Gasteiger partial charge in [0.25, 0.3) is 0 Å². The van der Waals surface area contributed by atoms with Crippen LogP contribution in [0.1, 0.15) is 16.2 Å². The minimum atomic E-state index is -0.450. The van der Waals surface area contributed by atoms with Crippen LogP contribution in [-0.2, 0) is 11.2 Å². The van der Waals surface area contributed by atoms with Gasteiger partial charge in [-0.15, -0.1) is 10.2 Å². The lowest BCUT2D eigenvalue weighted by Gasteiger charge is -2.01. The molecule has 0 spiro atoms. The highest BCUT2D eigenvalue weighted by Crippen LogP contribution is 2.11. The van der Waals surface area contributed by atoms with Crippen LogP contribution in [0.2, 0.25) is 0 Å². The summed E-state index contributed by atoms with van der Waals surface area (Å²) < 4.78 is 6.31. The highest BCUT2D eigenvalue weighted by Gasteiger charge is 2.14. The van der Waals surface area contributed by atoms with Crippen LogP contribution in [0.15, 0.2) is 18.3 Å². The van der Waals surface area contributed by atoms with Crippen molar-refractivity contribution in [2.24, 2.45) is 0 Å². The number of hydrogen-bond donors (Lipinski definition) is 1. The van der Waals surface area contributed by atoms with Crippen molar-refractivity contribution >= 4 is 11.6 Å². The van der Waals surface area contributed by atoms with E-state index in [9.17, 15) is 4.79 Å². The van der Waals surface area contributed by atoms with Gasteiger partial charge >= 0.3 is 5.97 Å². The third kappa shape index (κ3) is 1.63. The fourth-order valence-electron chi connectivity index (χ4n) is 1.50. The summed E-state index contributed by atoms with van der Waals surface area (Å²) in [7, 11) is 1.32. The molecule has 2 rings (SSSR count). The maximum absolute atomic E-state index is 11.4. The summed E-state index contributed by atoms with van der Waals surface area (Å²) in [5.74, 6) is 0.164. The number of pyridine rings is 1. The van der Waals surface area contributed by atoms with Crippen LogP contribution in [0, 0.1) is 0 Å². The van der Waals surface area contributed by atoms with Crippen LogP contribution in [0.5, 0.6) is 0 Å². The van der Waals surface area contributed by atoms with E-state index in [1.165, 1.54) is 7.11 Å². The lowest BCUT2D eigenvalue weighted by atomic mass is 10.2. The molecule has 0 bridgehead atoms. The molecule has 84 valence electrons. The second-order valence-electron chi connectivity index (χ2n) is 3.20. The fraction of sp³-hybridized carbons (Fsp3) is 0.300. The minimum absolute atomic E-state index is 0.0107. The van der Waals surface area contributed by atoms with E-state index in [2.05, 4.69) is 14.9 Å². The Morgan fingerprint density at radius 3 is 3.06 bits per heavy atom. The molecule has 0 aliphatic rings. The zero-order valence-corrected chi connectivity index (χ0v) is 8.75. The molecule has 0 radical (unpaired) electrons. The lowest BCUT2D eigenvalue weighted by Crippen LogP contribution is -2.05. The molecule has 1 N–H and O–H groups in total. The number of aliphatic hydroxyl groups excluding tert-OH is 1. The van der Waals surface area contributed by atoms with Crippen molar-refractivity contribution in [2.75, 3.05) is 13.7 Å². The summed E-state index contributed by atoms with van der Waals surface area (Å²) in [4.78, 5) is 11.4. The first-order valence-electron chi connectivity index (χ1n) is 4.79. The molecule has 0 aliphatic carbocycles. The SMILES string of the molecule is COC(=O)c1cccn2c(CCO)nnc12. The molecule has 0 aromatic carbocycles. The molecule has 0 fully saturated rings. The zero-order valence-electron chi connectivity index (χ0n) is 8.75. The van der Waals surface area contributed by atoms with Gasteiger partial charge in [0, 0.05) is 12.6 Å². The number of methoxy groups -OCH3 is 1. The first-order valence-corrected chi connectivity index (χ1v) is 4.79. The third-order valence-electron chi connectivity index (χ3n) is 2.25. The predicted molar refractivity (Wildman–Crippen MR) is 55.1 cm³/mol. The minimum Gasteiger partial charge on any atom is -0.465 e. The fourth-order valence-corrected chi connectivity index (χ4v) is 1.50. The van der Waals surface area contributed by atoms with Crippen molar-refractivity contribution in [3.8, 4) is 0 Å². The van der Waals surface area contributed by atoms with Gasteiger partial charge in [0.1, 0.15) is 11.4 Å². The van der Waals surface area contributed by atoms with Crippen LogP contribution in [-0.4, -0.2) is 39.4 Å². The van der Waals surface area contributed by atoms with Crippen molar-refractivity contribution in [1.29, 1.82) is 0 Å². The van der Waals surface area contributed by atoms with E-state index >= 15 is 0 Å². The largest absolute Gasteiger partial charge is 0.465 e.